The summed E-state index contributed by atoms with van der Waals surface area (Å²) in [6, 6.07) is 4.02. The van der Waals surface area contributed by atoms with Gasteiger partial charge in [0.15, 0.2) is 0 Å². The molecule has 0 radical (unpaired) electrons. The molecule has 0 unspecified atom stereocenters. The standard InChI is InChI=1S/C14H17ClN2O/c1-10-6-11(2)16-14(13(10)7-15)17(3)8-12-4-5-18-9-12/h4-6,9H,7-8H2,1-3H3. The number of furan rings is 1. The molecule has 0 aromatic carbocycles. The van der Waals surface area contributed by atoms with E-state index < -0.39 is 0 Å². The van der Waals surface area contributed by atoms with Crippen LogP contribution in [0.5, 0.6) is 0 Å². The molecule has 0 fully saturated rings. The molecule has 0 bridgehead atoms. The number of rotatable bonds is 4. The summed E-state index contributed by atoms with van der Waals surface area (Å²) in [6.45, 7) is 4.83. The summed E-state index contributed by atoms with van der Waals surface area (Å²) in [5.41, 5.74) is 4.41. The highest BCUT2D eigenvalue weighted by molar-refractivity contribution is 6.17. The van der Waals surface area contributed by atoms with Crippen molar-refractivity contribution in [2.75, 3.05) is 11.9 Å². The van der Waals surface area contributed by atoms with Gasteiger partial charge in [-0.2, -0.15) is 0 Å². The van der Waals surface area contributed by atoms with Crippen LogP contribution in [0.25, 0.3) is 0 Å². The number of alkyl halides is 1. The Hall–Kier alpha value is -1.48. The monoisotopic (exact) mass is 264 g/mol. The molecule has 96 valence electrons. The van der Waals surface area contributed by atoms with Crippen LogP contribution < -0.4 is 4.90 Å². The third-order valence-electron chi connectivity index (χ3n) is 2.95. The highest BCUT2D eigenvalue weighted by Crippen LogP contribution is 2.24. The molecule has 0 N–H and O–H groups in total. The van der Waals surface area contributed by atoms with Gasteiger partial charge >= 0.3 is 0 Å². The van der Waals surface area contributed by atoms with Crippen molar-refractivity contribution in [3.8, 4) is 0 Å². The fraction of sp³-hybridized carbons (Fsp3) is 0.357. The zero-order valence-corrected chi connectivity index (χ0v) is 11.7. The molecule has 0 spiro atoms. The molecule has 2 aromatic heterocycles. The number of halogens is 1. The van der Waals surface area contributed by atoms with Crippen LogP contribution in [0.2, 0.25) is 0 Å². The van der Waals surface area contributed by atoms with E-state index in [-0.39, 0.29) is 0 Å². The topological polar surface area (TPSA) is 29.3 Å². The van der Waals surface area contributed by atoms with Crippen LogP contribution >= 0.6 is 11.6 Å². The van der Waals surface area contributed by atoms with E-state index in [0.29, 0.717) is 5.88 Å². The van der Waals surface area contributed by atoms with Crippen molar-refractivity contribution in [1.29, 1.82) is 0 Å². The summed E-state index contributed by atoms with van der Waals surface area (Å²) in [6.07, 6.45) is 3.43. The van der Waals surface area contributed by atoms with Crippen molar-refractivity contribution < 1.29 is 4.42 Å². The minimum Gasteiger partial charge on any atom is -0.472 e. The van der Waals surface area contributed by atoms with Gasteiger partial charge in [-0.1, -0.05) is 0 Å². The number of pyridine rings is 1. The molecular formula is C14H17ClN2O. The molecule has 4 heteroatoms. The van der Waals surface area contributed by atoms with Crippen LogP contribution in [0.1, 0.15) is 22.4 Å². The lowest BCUT2D eigenvalue weighted by atomic mass is 10.1. The van der Waals surface area contributed by atoms with Crippen molar-refractivity contribution in [2.45, 2.75) is 26.3 Å². The zero-order chi connectivity index (χ0) is 13.1. The second-order valence-electron chi connectivity index (χ2n) is 4.50. The number of hydrogen-bond acceptors (Lipinski definition) is 3. The molecule has 2 rings (SSSR count). The van der Waals surface area contributed by atoms with E-state index in [1.54, 1.807) is 12.5 Å². The maximum Gasteiger partial charge on any atom is 0.133 e. The van der Waals surface area contributed by atoms with Gasteiger partial charge < -0.3 is 9.32 Å². The third-order valence-corrected chi connectivity index (χ3v) is 3.22. The van der Waals surface area contributed by atoms with Gasteiger partial charge in [-0.3, -0.25) is 0 Å². The van der Waals surface area contributed by atoms with Crippen LogP contribution in [-0.4, -0.2) is 12.0 Å². The van der Waals surface area contributed by atoms with Gasteiger partial charge in [0, 0.05) is 30.4 Å². The van der Waals surface area contributed by atoms with Crippen LogP contribution in [0.4, 0.5) is 5.82 Å². The van der Waals surface area contributed by atoms with E-state index in [4.69, 9.17) is 16.0 Å². The van der Waals surface area contributed by atoms with Crippen molar-refractivity contribution in [3.63, 3.8) is 0 Å². The predicted octanol–water partition coefficient (Wildman–Crippen LogP) is 3.67. The maximum absolute atomic E-state index is 6.03. The quantitative estimate of drug-likeness (QED) is 0.789. The van der Waals surface area contributed by atoms with Crippen LogP contribution in [-0.2, 0) is 12.4 Å². The average molecular weight is 265 g/mol. The summed E-state index contributed by atoms with van der Waals surface area (Å²) in [7, 11) is 2.02. The van der Waals surface area contributed by atoms with Crippen molar-refractivity contribution in [3.05, 3.63) is 47.0 Å². The minimum atomic E-state index is 0.476. The number of hydrogen-bond donors (Lipinski definition) is 0. The fourth-order valence-electron chi connectivity index (χ4n) is 2.06. The third kappa shape index (κ3) is 2.67. The van der Waals surface area contributed by atoms with Gasteiger partial charge in [-0.25, -0.2) is 4.98 Å². The minimum absolute atomic E-state index is 0.476. The van der Waals surface area contributed by atoms with E-state index in [1.165, 1.54) is 5.56 Å². The number of nitrogens with zero attached hydrogens (tertiary/aromatic N) is 2. The predicted molar refractivity (Wildman–Crippen MR) is 74.1 cm³/mol. The van der Waals surface area contributed by atoms with Gasteiger partial charge in [0.25, 0.3) is 0 Å². The molecular weight excluding hydrogens is 248 g/mol. The number of anilines is 1. The van der Waals surface area contributed by atoms with Crippen LogP contribution in [0.15, 0.2) is 29.1 Å². The average Bonchev–Trinajstić information content (AvgIpc) is 2.80. The summed E-state index contributed by atoms with van der Waals surface area (Å²) in [5, 5.41) is 0. The van der Waals surface area contributed by atoms with Crippen LogP contribution in [0, 0.1) is 13.8 Å². The smallest absolute Gasteiger partial charge is 0.133 e. The normalized spacial score (nSPS) is 10.7. The first kappa shape index (κ1) is 13.0. The molecule has 0 saturated heterocycles. The van der Waals surface area contributed by atoms with E-state index in [1.807, 2.05) is 20.0 Å². The van der Waals surface area contributed by atoms with Gasteiger partial charge in [-0.15, -0.1) is 11.6 Å². The molecule has 0 amide bonds. The lowest BCUT2D eigenvalue weighted by Gasteiger charge is -2.21. The Kier molecular flexibility index (Phi) is 3.92. The Bertz CT molecular complexity index is 523. The molecule has 0 atom stereocenters. The van der Waals surface area contributed by atoms with E-state index in [2.05, 4.69) is 22.9 Å². The molecule has 2 heterocycles. The Labute approximate surface area is 112 Å². The lowest BCUT2D eigenvalue weighted by Crippen LogP contribution is -2.19. The van der Waals surface area contributed by atoms with Crippen LogP contribution in [0.3, 0.4) is 0 Å². The SMILES string of the molecule is Cc1cc(C)c(CCl)c(N(C)Cc2ccoc2)n1. The second kappa shape index (κ2) is 5.44. The largest absolute Gasteiger partial charge is 0.472 e. The van der Waals surface area contributed by atoms with E-state index >= 15 is 0 Å². The summed E-state index contributed by atoms with van der Waals surface area (Å²) in [4.78, 5) is 6.70. The zero-order valence-electron chi connectivity index (χ0n) is 10.9. The number of aromatic nitrogens is 1. The first-order chi connectivity index (χ1) is 8.61. The Morgan fingerprint density at radius 3 is 2.78 bits per heavy atom. The molecule has 0 saturated carbocycles. The summed E-state index contributed by atoms with van der Waals surface area (Å²) < 4.78 is 5.08. The second-order valence-corrected chi connectivity index (χ2v) is 4.77. The molecule has 0 aliphatic heterocycles. The highest BCUT2D eigenvalue weighted by Gasteiger charge is 2.12. The lowest BCUT2D eigenvalue weighted by molar-refractivity contribution is 0.563. The Morgan fingerprint density at radius 1 is 1.39 bits per heavy atom. The Morgan fingerprint density at radius 2 is 2.17 bits per heavy atom. The van der Waals surface area contributed by atoms with Crippen molar-refractivity contribution in [2.24, 2.45) is 0 Å². The van der Waals surface area contributed by atoms with Crippen molar-refractivity contribution in [1.82, 2.24) is 4.98 Å². The molecule has 18 heavy (non-hydrogen) atoms. The molecule has 2 aromatic rings. The van der Waals surface area contributed by atoms with Gasteiger partial charge in [0.2, 0.25) is 0 Å². The molecule has 3 nitrogen and oxygen atoms in total. The van der Waals surface area contributed by atoms with E-state index in [9.17, 15) is 0 Å². The summed E-state index contributed by atoms with van der Waals surface area (Å²) >= 11 is 6.03. The molecule has 0 aliphatic carbocycles. The first-order valence-electron chi connectivity index (χ1n) is 5.87. The fourth-order valence-corrected chi connectivity index (χ4v) is 2.39. The first-order valence-corrected chi connectivity index (χ1v) is 6.40. The van der Waals surface area contributed by atoms with Gasteiger partial charge in [-0.05, 0) is 31.5 Å². The van der Waals surface area contributed by atoms with E-state index in [0.717, 1.165) is 29.2 Å². The maximum atomic E-state index is 6.03. The molecule has 0 aliphatic rings. The number of aryl methyl sites for hydroxylation is 2. The Balaban J connectivity index is 2.31. The highest BCUT2D eigenvalue weighted by atomic mass is 35.5. The van der Waals surface area contributed by atoms with Gasteiger partial charge in [0.1, 0.15) is 5.82 Å². The van der Waals surface area contributed by atoms with Crippen molar-refractivity contribution >= 4 is 17.4 Å². The van der Waals surface area contributed by atoms with Gasteiger partial charge in [0.05, 0.1) is 18.4 Å². The summed E-state index contributed by atoms with van der Waals surface area (Å²) in [5.74, 6) is 1.42.